The molecule has 0 saturated heterocycles. The van der Waals surface area contributed by atoms with E-state index in [2.05, 4.69) is 0 Å². The third-order valence-electron chi connectivity index (χ3n) is 2.64. The van der Waals surface area contributed by atoms with E-state index in [4.69, 9.17) is 5.14 Å². The molecule has 0 amide bonds. The topological polar surface area (TPSA) is 80.4 Å². The predicted octanol–water partition coefficient (Wildman–Crippen LogP) is 1.63. The van der Waals surface area contributed by atoms with Crippen LogP contribution in [0.25, 0.3) is 0 Å². The number of primary sulfonamides is 1. The minimum Gasteiger partial charge on any atom is -0.508 e. The van der Waals surface area contributed by atoms with E-state index in [-0.39, 0.29) is 10.6 Å². The number of phenolic OH excluding ortho intramolecular Hbond substituents is 1. The normalized spacial score (nSPS) is 11.4. The van der Waals surface area contributed by atoms with Crippen LogP contribution >= 0.6 is 0 Å². The van der Waals surface area contributed by atoms with Crippen molar-refractivity contribution in [2.45, 2.75) is 11.3 Å². The minimum atomic E-state index is -3.65. The zero-order valence-electron chi connectivity index (χ0n) is 9.58. The summed E-state index contributed by atoms with van der Waals surface area (Å²) in [5.74, 6) is 0.230. The number of phenols is 1. The fraction of sp³-hybridized carbons (Fsp3) is 0.0769. The van der Waals surface area contributed by atoms with E-state index in [0.717, 1.165) is 11.1 Å². The average molecular weight is 263 g/mol. The molecular formula is C13H13NO3S. The Morgan fingerprint density at radius 3 is 2.17 bits per heavy atom. The molecule has 0 fully saturated rings. The molecule has 0 atom stereocenters. The van der Waals surface area contributed by atoms with Crippen molar-refractivity contribution in [1.82, 2.24) is 0 Å². The van der Waals surface area contributed by atoms with Crippen LogP contribution < -0.4 is 5.14 Å². The SMILES string of the molecule is NS(=O)(=O)c1ccc(Cc2ccccc2O)cc1. The maximum atomic E-state index is 11.1. The molecule has 0 unspecified atom stereocenters. The molecule has 0 bridgehead atoms. The molecule has 0 heterocycles. The minimum absolute atomic E-state index is 0.0866. The van der Waals surface area contributed by atoms with Crippen LogP contribution in [0.15, 0.2) is 53.4 Å². The van der Waals surface area contributed by atoms with E-state index in [1.807, 2.05) is 12.1 Å². The fourth-order valence-electron chi connectivity index (χ4n) is 1.68. The monoisotopic (exact) mass is 263 g/mol. The first-order valence-corrected chi connectivity index (χ1v) is 6.90. The highest BCUT2D eigenvalue weighted by molar-refractivity contribution is 7.89. The van der Waals surface area contributed by atoms with Crippen LogP contribution in [0, 0.1) is 0 Å². The highest BCUT2D eigenvalue weighted by atomic mass is 32.2. The van der Waals surface area contributed by atoms with Crippen molar-refractivity contribution in [2.75, 3.05) is 0 Å². The first-order valence-electron chi connectivity index (χ1n) is 5.35. The highest BCUT2D eigenvalue weighted by Gasteiger charge is 2.07. The summed E-state index contributed by atoms with van der Waals surface area (Å²) in [5.41, 5.74) is 1.70. The van der Waals surface area contributed by atoms with E-state index >= 15 is 0 Å². The Bertz CT molecular complexity index is 648. The van der Waals surface area contributed by atoms with Crippen molar-refractivity contribution in [3.8, 4) is 5.75 Å². The second kappa shape index (κ2) is 4.80. The first kappa shape index (κ1) is 12.6. The van der Waals surface area contributed by atoms with Crippen molar-refractivity contribution >= 4 is 10.0 Å². The molecule has 94 valence electrons. The zero-order chi connectivity index (χ0) is 13.2. The van der Waals surface area contributed by atoms with Gasteiger partial charge in [0.15, 0.2) is 0 Å². The Balaban J connectivity index is 2.24. The van der Waals surface area contributed by atoms with Gasteiger partial charge < -0.3 is 5.11 Å². The Hall–Kier alpha value is -1.85. The molecule has 0 aliphatic heterocycles. The van der Waals surface area contributed by atoms with Crippen LogP contribution in [0.3, 0.4) is 0 Å². The van der Waals surface area contributed by atoms with Crippen LogP contribution in [0.2, 0.25) is 0 Å². The Morgan fingerprint density at radius 2 is 1.61 bits per heavy atom. The van der Waals surface area contributed by atoms with Crippen molar-refractivity contribution in [3.05, 3.63) is 59.7 Å². The molecule has 2 aromatic rings. The molecule has 5 heteroatoms. The molecule has 0 aromatic heterocycles. The Kier molecular flexibility index (Phi) is 3.36. The number of sulfonamides is 1. The molecule has 0 saturated carbocycles. The summed E-state index contributed by atoms with van der Waals surface area (Å²) in [5, 5.41) is 14.7. The van der Waals surface area contributed by atoms with E-state index in [1.165, 1.54) is 12.1 Å². The maximum absolute atomic E-state index is 11.1. The molecule has 0 aliphatic carbocycles. The number of benzene rings is 2. The molecular weight excluding hydrogens is 250 g/mol. The van der Waals surface area contributed by atoms with Crippen LogP contribution in [0.5, 0.6) is 5.75 Å². The van der Waals surface area contributed by atoms with Crippen molar-refractivity contribution in [1.29, 1.82) is 0 Å². The van der Waals surface area contributed by atoms with Gasteiger partial charge in [0.05, 0.1) is 4.90 Å². The molecule has 0 spiro atoms. The summed E-state index contributed by atoms with van der Waals surface area (Å²) in [7, 11) is -3.65. The summed E-state index contributed by atoms with van der Waals surface area (Å²) < 4.78 is 22.2. The fourth-order valence-corrected chi connectivity index (χ4v) is 2.19. The van der Waals surface area contributed by atoms with Crippen molar-refractivity contribution in [2.24, 2.45) is 5.14 Å². The average Bonchev–Trinajstić information content (AvgIpc) is 2.32. The largest absolute Gasteiger partial charge is 0.508 e. The van der Waals surface area contributed by atoms with Gasteiger partial charge in [-0.05, 0) is 29.3 Å². The van der Waals surface area contributed by atoms with Crippen LogP contribution in [0.1, 0.15) is 11.1 Å². The first-order chi connectivity index (χ1) is 8.47. The standard InChI is InChI=1S/C13H13NO3S/c14-18(16,17)12-7-5-10(6-8-12)9-11-3-1-2-4-13(11)15/h1-8,15H,9H2,(H2,14,16,17). The second-order valence-corrected chi connectivity index (χ2v) is 5.56. The van der Waals surface area contributed by atoms with E-state index in [0.29, 0.717) is 6.42 Å². The number of nitrogens with two attached hydrogens (primary N) is 1. The quantitative estimate of drug-likeness (QED) is 0.883. The third kappa shape index (κ3) is 2.88. The van der Waals surface area contributed by atoms with Gasteiger partial charge in [0.2, 0.25) is 10.0 Å². The van der Waals surface area contributed by atoms with Gasteiger partial charge >= 0.3 is 0 Å². The molecule has 2 rings (SSSR count). The van der Waals surface area contributed by atoms with Gasteiger partial charge in [-0.15, -0.1) is 0 Å². The van der Waals surface area contributed by atoms with Gasteiger partial charge in [0, 0.05) is 6.42 Å². The zero-order valence-corrected chi connectivity index (χ0v) is 10.4. The lowest BCUT2D eigenvalue weighted by Crippen LogP contribution is -2.11. The Morgan fingerprint density at radius 1 is 1.00 bits per heavy atom. The van der Waals surface area contributed by atoms with E-state index in [9.17, 15) is 13.5 Å². The van der Waals surface area contributed by atoms with Crippen molar-refractivity contribution in [3.63, 3.8) is 0 Å². The number of rotatable bonds is 3. The third-order valence-corrected chi connectivity index (χ3v) is 3.57. The summed E-state index contributed by atoms with van der Waals surface area (Å²) in [6.45, 7) is 0. The second-order valence-electron chi connectivity index (χ2n) is 3.99. The number of para-hydroxylation sites is 1. The van der Waals surface area contributed by atoms with E-state index in [1.54, 1.807) is 24.3 Å². The van der Waals surface area contributed by atoms with Gasteiger partial charge in [0.1, 0.15) is 5.75 Å². The summed E-state index contributed by atoms with van der Waals surface area (Å²) >= 11 is 0. The summed E-state index contributed by atoms with van der Waals surface area (Å²) in [6.07, 6.45) is 0.539. The van der Waals surface area contributed by atoms with Gasteiger partial charge in [-0.25, -0.2) is 13.6 Å². The highest BCUT2D eigenvalue weighted by Crippen LogP contribution is 2.20. The molecule has 2 aromatic carbocycles. The molecule has 0 radical (unpaired) electrons. The lowest BCUT2D eigenvalue weighted by Gasteiger charge is -2.05. The molecule has 4 nitrogen and oxygen atoms in total. The smallest absolute Gasteiger partial charge is 0.238 e. The van der Waals surface area contributed by atoms with Crippen LogP contribution in [-0.2, 0) is 16.4 Å². The van der Waals surface area contributed by atoms with Gasteiger partial charge in [-0.2, -0.15) is 0 Å². The summed E-state index contributed by atoms with van der Waals surface area (Å²) in [4.78, 5) is 0.0866. The van der Waals surface area contributed by atoms with Gasteiger partial charge in [-0.1, -0.05) is 30.3 Å². The van der Waals surface area contributed by atoms with Gasteiger partial charge in [0.25, 0.3) is 0 Å². The summed E-state index contributed by atoms with van der Waals surface area (Å²) in [6, 6.07) is 13.3. The van der Waals surface area contributed by atoms with Crippen molar-refractivity contribution < 1.29 is 13.5 Å². The number of aromatic hydroxyl groups is 1. The molecule has 0 aliphatic rings. The van der Waals surface area contributed by atoms with Crippen LogP contribution in [0.4, 0.5) is 0 Å². The molecule has 3 N–H and O–H groups in total. The molecule has 18 heavy (non-hydrogen) atoms. The van der Waals surface area contributed by atoms with Gasteiger partial charge in [-0.3, -0.25) is 0 Å². The Labute approximate surface area is 106 Å². The van der Waals surface area contributed by atoms with E-state index < -0.39 is 10.0 Å². The predicted molar refractivity (Wildman–Crippen MR) is 68.7 cm³/mol. The number of hydrogen-bond donors (Lipinski definition) is 2. The lowest BCUT2D eigenvalue weighted by atomic mass is 10.0. The van der Waals surface area contributed by atoms with Crippen LogP contribution in [-0.4, -0.2) is 13.5 Å². The maximum Gasteiger partial charge on any atom is 0.238 e. The number of hydrogen-bond acceptors (Lipinski definition) is 3. The lowest BCUT2D eigenvalue weighted by molar-refractivity contribution is 0.469.